The first-order valence-electron chi connectivity index (χ1n) is 8.58. The topological polar surface area (TPSA) is 73.6 Å². The van der Waals surface area contributed by atoms with Crippen molar-refractivity contribution in [2.45, 2.75) is 57.8 Å². The molecule has 24 heavy (non-hydrogen) atoms. The summed E-state index contributed by atoms with van der Waals surface area (Å²) in [5, 5.41) is 3.23. The minimum absolute atomic E-state index is 0.0514. The van der Waals surface area contributed by atoms with E-state index in [9.17, 15) is 4.79 Å². The van der Waals surface area contributed by atoms with Crippen molar-refractivity contribution in [2.24, 2.45) is 5.73 Å². The van der Waals surface area contributed by atoms with Crippen LogP contribution in [0.2, 0.25) is 0 Å². The Balaban J connectivity index is 1.90. The average Bonchev–Trinajstić information content (AvgIpc) is 3.08. The molecule has 1 aliphatic rings. The SMILES string of the molecule is C=C(C)OC[C@H](NCc1ccc(CN)cc1)C(=O)OC1CCCC1. The maximum atomic E-state index is 12.4. The second kappa shape index (κ2) is 9.45. The van der Waals surface area contributed by atoms with Crippen LogP contribution in [0.1, 0.15) is 43.7 Å². The Kier molecular flexibility index (Phi) is 7.28. The van der Waals surface area contributed by atoms with Gasteiger partial charge in [0.1, 0.15) is 18.8 Å². The highest BCUT2D eigenvalue weighted by Gasteiger charge is 2.25. The summed E-state index contributed by atoms with van der Waals surface area (Å²) in [5.74, 6) is 0.337. The van der Waals surface area contributed by atoms with Crippen molar-refractivity contribution in [3.63, 3.8) is 0 Å². The minimum atomic E-state index is -0.503. The lowest BCUT2D eigenvalue weighted by molar-refractivity contribution is -0.152. The van der Waals surface area contributed by atoms with E-state index in [-0.39, 0.29) is 18.7 Å². The minimum Gasteiger partial charge on any atom is -0.497 e. The van der Waals surface area contributed by atoms with E-state index in [4.69, 9.17) is 15.2 Å². The number of carbonyl (C=O) groups excluding carboxylic acids is 1. The highest BCUT2D eigenvalue weighted by Crippen LogP contribution is 2.21. The quantitative estimate of drug-likeness (QED) is 0.537. The van der Waals surface area contributed by atoms with Crippen LogP contribution in [0.15, 0.2) is 36.6 Å². The molecule has 0 radical (unpaired) electrons. The second-order valence-corrected chi connectivity index (χ2v) is 6.31. The van der Waals surface area contributed by atoms with Gasteiger partial charge >= 0.3 is 5.97 Å². The van der Waals surface area contributed by atoms with Gasteiger partial charge in [-0.15, -0.1) is 0 Å². The fourth-order valence-corrected chi connectivity index (χ4v) is 2.72. The Morgan fingerprint density at radius 3 is 2.50 bits per heavy atom. The summed E-state index contributed by atoms with van der Waals surface area (Å²) in [5.41, 5.74) is 7.78. The van der Waals surface area contributed by atoms with Crippen molar-refractivity contribution in [3.8, 4) is 0 Å². The molecule has 0 amide bonds. The summed E-state index contributed by atoms with van der Waals surface area (Å²) in [4.78, 5) is 12.4. The van der Waals surface area contributed by atoms with Crippen molar-refractivity contribution in [3.05, 3.63) is 47.7 Å². The number of hydrogen-bond donors (Lipinski definition) is 2. The number of ether oxygens (including phenoxy) is 2. The van der Waals surface area contributed by atoms with Gasteiger partial charge in [-0.1, -0.05) is 30.8 Å². The molecule has 3 N–H and O–H groups in total. The first-order chi connectivity index (χ1) is 11.6. The molecule has 0 saturated heterocycles. The molecule has 1 fully saturated rings. The molecule has 5 heteroatoms. The summed E-state index contributed by atoms with van der Waals surface area (Å²) in [6, 6.07) is 7.50. The van der Waals surface area contributed by atoms with Gasteiger partial charge in [-0.25, -0.2) is 0 Å². The average molecular weight is 332 g/mol. The molecule has 1 aromatic rings. The molecule has 0 heterocycles. The van der Waals surface area contributed by atoms with Crippen LogP contribution in [0.4, 0.5) is 0 Å². The number of carbonyl (C=O) groups is 1. The first kappa shape index (κ1) is 18.5. The van der Waals surface area contributed by atoms with Crippen LogP contribution in [-0.4, -0.2) is 24.7 Å². The molecule has 1 saturated carbocycles. The first-order valence-corrected chi connectivity index (χ1v) is 8.58. The normalized spacial score (nSPS) is 15.9. The number of nitrogens with two attached hydrogens (primary N) is 1. The van der Waals surface area contributed by atoms with Crippen molar-refractivity contribution in [1.82, 2.24) is 5.32 Å². The van der Waals surface area contributed by atoms with Gasteiger partial charge in [0.15, 0.2) is 0 Å². The summed E-state index contributed by atoms with van der Waals surface area (Å²) < 4.78 is 11.0. The highest BCUT2D eigenvalue weighted by molar-refractivity contribution is 5.76. The van der Waals surface area contributed by atoms with Gasteiger partial charge in [-0.05, 0) is 43.7 Å². The molecule has 0 aliphatic heterocycles. The fourth-order valence-electron chi connectivity index (χ4n) is 2.72. The summed E-state index contributed by atoms with van der Waals surface area (Å²) in [6.45, 7) is 6.79. The van der Waals surface area contributed by atoms with E-state index in [1.807, 2.05) is 24.3 Å². The van der Waals surface area contributed by atoms with Crippen LogP contribution in [-0.2, 0) is 27.4 Å². The number of rotatable bonds is 9. The second-order valence-electron chi connectivity index (χ2n) is 6.31. The van der Waals surface area contributed by atoms with Gasteiger partial charge in [0.05, 0.1) is 5.76 Å². The van der Waals surface area contributed by atoms with Gasteiger partial charge in [0.25, 0.3) is 0 Å². The number of esters is 1. The molecule has 2 rings (SSSR count). The maximum Gasteiger partial charge on any atom is 0.326 e. The third-order valence-corrected chi connectivity index (χ3v) is 4.18. The number of hydrogen-bond acceptors (Lipinski definition) is 5. The molecule has 0 unspecified atom stereocenters. The fraction of sp³-hybridized carbons (Fsp3) is 0.526. The Bertz CT molecular complexity index is 536. The third kappa shape index (κ3) is 5.98. The summed E-state index contributed by atoms with van der Waals surface area (Å²) >= 11 is 0. The molecule has 0 bridgehead atoms. The van der Waals surface area contributed by atoms with Crippen LogP contribution < -0.4 is 11.1 Å². The van der Waals surface area contributed by atoms with Crippen LogP contribution >= 0.6 is 0 Å². The van der Waals surface area contributed by atoms with Gasteiger partial charge in [-0.3, -0.25) is 10.1 Å². The molecule has 0 spiro atoms. The van der Waals surface area contributed by atoms with Gasteiger partial charge in [0.2, 0.25) is 0 Å². The van der Waals surface area contributed by atoms with Gasteiger partial charge < -0.3 is 15.2 Å². The molecular weight excluding hydrogens is 304 g/mol. The van der Waals surface area contributed by atoms with E-state index in [2.05, 4.69) is 11.9 Å². The molecule has 132 valence electrons. The molecule has 1 atom stereocenters. The van der Waals surface area contributed by atoms with Gasteiger partial charge in [-0.2, -0.15) is 0 Å². The molecule has 1 aromatic carbocycles. The van der Waals surface area contributed by atoms with E-state index in [0.717, 1.165) is 36.8 Å². The van der Waals surface area contributed by atoms with E-state index < -0.39 is 6.04 Å². The van der Waals surface area contributed by atoms with Crippen LogP contribution in [0.5, 0.6) is 0 Å². The smallest absolute Gasteiger partial charge is 0.326 e. The third-order valence-electron chi connectivity index (χ3n) is 4.18. The Morgan fingerprint density at radius 2 is 1.92 bits per heavy atom. The maximum absolute atomic E-state index is 12.4. The molecule has 0 aromatic heterocycles. The van der Waals surface area contributed by atoms with E-state index in [1.54, 1.807) is 6.92 Å². The molecular formula is C19H28N2O3. The Morgan fingerprint density at radius 1 is 1.29 bits per heavy atom. The van der Waals surface area contributed by atoms with E-state index in [0.29, 0.717) is 18.8 Å². The number of allylic oxidation sites excluding steroid dienone is 1. The summed E-state index contributed by atoms with van der Waals surface area (Å²) in [6.07, 6.45) is 4.23. The van der Waals surface area contributed by atoms with E-state index >= 15 is 0 Å². The lowest BCUT2D eigenvalue weighted by atomic mass is 10.1. The van der Waals surface area contributed by atoms with Crippen LogP contribution in [0.25, 0.3) is 0 Å². The summed E-state index contributed by atoms with van der Waals surface area (Å²) in [7, 11) is 0. The van der Waals surface area contributed by atoms with Crippen LogP contribution in [0, 0.1) is 0 Å². The molecule has 1 aliphatic carbocycles. The largest absolute Gasteiger partial charge is 0.497 e. The van der Waals surface area contributed by atoms with Crippen molar-refractivity contribution < 1.29 is 14.3 Å². The van der Waals surface area contributed by atoms with Gasteiger partial charge in [0, 0.05) is 13.1 Å². The zero-order chi connectivity index (χ0) is 17.4. The number of nitrogens with one attached hydrogen (secondary N) is 1. The van der Waals surface area contributed by atoms with Crippen molar-refractivity contribution >= 4 is 5.97 Å². The Hall–Kier alpha value is -1.85. The molecule has 5 nitrogen and oxygen atoms in total. The predicted octanol–water partition coefficient (Wildman–Crippen LogP) is 2.64. The highest BCUT2D eigenvalue weighted by atomic mass is 16.5. The van der Waals surface area contributed by atoms with Crippen LogP contribution in [0.3, 0.4) is 0 Å². The zero-order valence-electron chi connectivity index (χ0n) is 14.4. The monoisotopic (exact) mass is 332 g/mol. The predicted molar refractivity (Wildman–Crippen MR) is 94.1 cm³/mol. The van der Waals surface area contributed by atoms with Crippen molar-refractivity contribution in [1.29, 1.82) is 0 Å². The Labute approximate surface area is 144 Å². The lowest BCUT2D eigenvalue weighted by Crippen LogP contribution is -2.42. The zero-order valence-corrected chi connectivity index (χ0v) is 14.4. The lowest BCUT2D eigenvalue weighted by Gasteiger charge is -2.21. The standard InChI is InChI=1S/C19H28N2O3/c1-14(2)23-13-18(19(22)24-17-5-3-4-6-17)21-12-16-9-7-15(11-20)8-10-16/h7-10,17-18,21H,1,3-6,11-13,20H2,2H3/t18-/m0/s1. The van der Waals surface area contributed by atoms with Crippen molar-refractivity contribution in [2.75, 3.05) is 6.61 Å². The number of benzene rings is 1. The van der Waals surface area contributed by atoms with E-state index in [1.165, 1.54) is 0 Å².